The molecule has 1 heterocycles. The molecule has 0 aromatic heterocycles. The third-order valence-corrected chi connectivity index (χ3v) is 4.06. The van der Waals surface area contributed by atoms with Crippen LogP contribution in [-0.2, 0) is 19.6 Å². The van der Waals surface area contributed by atoms with Crippen molar-refractivity contribution >= 4 is 21.6 Å². The zero-order valence-corrected chi connectivity index (χ0v) is 12.2. The number of rotatable bonds is 4. The third-order valence-electron chi connectivity index (χ3n) is 3.17. The molecule has 1 amide bonds. The number of nitrogens with one attached hydrogen (secondary N) is 1. The van der Waals surface area contributed by atoms with Crippen LogP contribution in [0.25, 0.3) is 0 Å². The van der Waals surface area contributed by atoms with Gasteiger partial charge in [0.2, 0.25) is 15.9 Å². The quantitative estimate of drug-likeness (QED) is 0.876. The van der Waals surface area contributed by atoms with Crippen LogP contribution >= 0.6 is 0 Å². The van der Waals surface area contributed by atoms with Crippen molar-refractivity contribution < 1.29 is 22.3 Å². The molecule has 8 heteroatoms. The number of halogens is 1. The van der Waals surface area contributed by atoms with Crippen LogP contribution in [-0.4, -0.2) is 27.0 Å². The van der Waals surface area contributed by atoms with Crippen molar-refractivity contribution in [1.29, 1.82) is 0 Å². The molecule has 0 radical (unpaired) electrons. The van der Waals surface area contributed by atoms with Crippen molar-refractivity contribution in [2.45, 2.75) is 36.7 Å². The zero-order chi connectivity index (χ0) is 15.5. The lowest BCUT2D eigenvalue weighted by atomic mass is 10.1. The van der Waals surface area contributed by atoms with Gasteiger partial charge in [0.1, 0.15) is 5.82 Å². The van der Waals surface area contributed by atoms with Crippen molar-refractivity contribution in [2.24, 2.45) is 5.14 Å². The number of sulfonamides is 1. The number of ether oxygens (including phenoxy) is 1. The SMILES string of the molecule is NS(=O)(=O)c1cc(F)cc(NC(=O)CC2CCCCO2)c1. The molecule has 1 saturated heterocycles. The second kappa shape index (κ2) is 6.50. The lowest BCUT2D eigenvalue weighted by Gasteiger charge is -2.22. The van der Waals surface area contributed by atoms with Gasteiger partial charge in [0, 0.05) is 12.3 Å². The van der Waals surface area contributed by atoms with Crippen LogP contribution in [0.4, 0.5) is 10.1 Å². The molecule has 21 heavy (non-hydrogen) atoms. The molecule has 1 aromatic rings. The molecule has 1 aliphatic rings. The van der Waals surface area contributed by atoms with Gasteiger partial charge in [-0.3, -0.25) is 4.79 Å². The molecule has 6 nitrogen and oxygen atoms in total. The number of amides is 1. The van der Waals surface area contributed by atoms with E-state index in [0.29, 0.717) is 6.61 Å². The Bertz CT molecular complexity index is 627. The maximum Gasteiger partial charge on any atom is 0.238 e. The number of anilines is 1. The minimum atomic E-state index is -4.03. The highest BCUT2D eigenvalue weighted by Gasteiger charge is 2.18. The van der Waals surface area contributed by atoms with Gasteiger partial charge in [0.15, 0.2) is 0 Å². The van der Waals surface area contributed by atoms with E-state index in [1.165, 1.54) is 0 Å². The molecule has 0 spiro atoms. The summed E-state index contributed by atoms with van der Waals surface area (Å²) in [4.78, 5) is 11.5. The van der Waals surface area contributed by atoms with E-state index in [0.717, 1.165) is 37.5 Å². The highest BCUT2D eigenvalue weighted by Crippen LogP contribution is 2.19. The zero-order valence-electron chi connectivity index (χ0n) is 11.3. The van der Waals surface area contributed by atoms with E-state index in [9.17, 15) is 17.6 Å². The Kier molecular flexibility index (Phi) is 4.92. The van der Waals surface area contributed by atoms with E-state index >= 15 is 0 Å². The largest absolute Gasteiger partial charge is 0.378 e. The first-order chi connectivity index (χ1) is 9.84. The van der Waals surface area contributed by atoms with Gasteiger partial charge < -0.3 is 10.1 Å². The molecule has 1 unspecified atom stereocenters. The number of primary sulfonamides is 1. The van der Waals surface area contributed by atoms with Gasteiger partial charge in [-0.15, -0.1) is 0 Å². The van der Waals surface area contributed by atoms with Gasteiger partial charge in [-0.25, -0.2) is 17.9 Å². The van der Waals surface area contributed by atoms with Crippen molar-refractivity contribution in [3.63, 3.8) is 0 Å². The maximum atomic E-state index is 13.4. The molecule has 1 atom stereocenters. The standard InChI is InChI=1S/C13H17FN2O4S/c14-9-5-10(7-12(6-9)21(15,18)19)16-13(17)8-11-3-1-2-4-20-11/h5-7,11H,1-4,8H2,(H,16,17)(H2,15,18,19). The van der Waals surface area contributed by atoms with Gasteiger partial charge in [-0.2, -0.15) is 0 Å². The molecule has 116 valence electrons. The molecular formula is C13H17FN2O4S. The molecule has 3 N–H and O–H groups in total. The summed E-state index contributed by atoms with van der Waals surface area (Å²) >= 11 is 0. The van der Waals surface area contributed by atoms with Crippen LogP contribution < -0.4 is 10.5 Å². The third kappa shape index (κ3) is 4.76. The Morgan fingerprint density at radius 1 is 1.38 bits per heavy atom. The summed E-state index contributed by atoms with van der Waals surface area (Å²) < 4.78 is 41.2. The normalized spacial score (nSPS) is 19.2. The van der Waals surface area contributed by atoms with E-state index < -0.39 is 15.8 Å². The fourth-order valence-electron chi connectivity index (χ4n) is 2.19. The molecular weight excluding hydrogens is 299 g/mol. The van der Waals surface area contributed by atoms with Gasteiger partial charge in [-0.1, -0.05) is 0 Å². The molecule has 0 aliphatic carbocycles. The van der Waals surface area contributed by atoms with E-state index in [1.807, 2.05) is 0 Å². The summed E-state index contributed by atoms with van der Waals surface area (Å²) in [6.07, 6.45) is 2.80. The molecule has 1 aromatic carbocycles. The summed E-state index contributed by atoms with van der Waals surface area (Å²) in [6.45, 7) is 0.632. The lowest BCUT2D eigenvalue weighted by Crippen LogP contribution is -2.25. The van der Waals surface area contributed by atoms with E-state index in [4.69, 9.17) is 9.88 Å². The van der Waals surface area contributed by atoms with Gasteiger partial charge >= 0.3 is 0 Å². The average Bonchev–Trinajstić information content (AvgIpc) is 2.37. The maximum absolute atomic E-state index is 13.4. The van der Waals surface area contributed by atoms with E-state index in [2.05, 4.69) is 5.32 Å². The second-order valence-corrected chi connectivity index (χ2v) is 6.52. The first kappa shape index (κ1) is 15.9. The first-order valence-corrected chi connectivity index (χ1v) is 8.14. The smallest absolute Gasteiger partial charge is 0.238 e. The molecule has 0 bridgehead atoms. The number of hydrogen-bond donors (Lipinski definition) is 2. The highest BCUT2D eigenvalue weighted by molar-refractivity contribution is 7.89. The Hall–Kier alpha value is -1.51. The van der Waals surface area contributed by atoms with Crippen LogP contribution in [0, 0.1) is 5.82 Å². The Morgan fingerprint density at radius 2 is 2.14 bits per heavy atom. The fourth-order valence-corrected chi connectivity index (χ4v) is 2.75. The Labute approximate surface area is 122 Å². The van der Waals surface area contributed by atoms with Gasteiger partial charge in [0.05, 0.1) is 17.4 Å². The second-order valence-electron chi connectivity index (χ2n) is 4.96. The van der Waals surface area contributed by atoms with Crippen LogP contribution in [0.5, 0.6) is 0 Å². The Morgan fingerprint density at radius 3 is 2.76 bits per heavy atom. The lowest BCUT2D eigenvalue weighted by molar-refractivity contribution is -0.119. The number of hydrogen-bond acceptors (Lipinski definition) is 4. The van der Waals surface area contributed by atoms with Gasteiger partial charge in [0.25, 0.3) is 0 Å². The van der Waals surface area contributed by atoms with Gasteiger partial charge in [-0.05, 0) is 37.5 Å². The number of carbonyl (C=O) groups excluding carboxylic acids is 1. The molecule has 2 rings (SSSR count). The molecule has 0 saturated carbocycles. The summed E-state index contributed by atoms with van der Waals surface area (Å²) in [5, 5.41) is 7.41. The van der Waals surface area contributed by atoms with Crippen molar-refractivity contribution in [1.82, 2.24) is 0 Å². The van der Waals surface area contributed by atoms with Crippen molar-refractivity contribution in [3.05, 3.63) is 24.0 Å². The van der Waals surface area contributed by atoms with E-state index in [1.54, 1.807) is 0 Å². The summed E-state index contributed by atoms with van der Waals surface area (Å²) in [6, 6.07) is 2.96. The number of benzene rings is 1. The van der Waals surface area contributed by atoms with Crippen LogP contribution in [0.1, 0.15) is 25.7 Å². The minimum Gasteiger partial charge on any atom is -0.378 e. The van der Waals surface area contributed by atoms with E-state index in [-0.39, 0.29) is 29.0 Å². The first-order valence-electron chi connectivity index (χ1n) is 6.59. The topological polar surface area (TPSA) is 98.5 Å². The minimum absolute atomic E-state index is 0.0554. The van der Waals surface area contributed by atoms with Crippen LogP contribution in [0.2, 0.25) is 0 Å². The van der Waals surface area contributed by atoms with Crippen molar-refractivity contribution in [2.75, 3.05) is 11.9 Å². The highest BCUT2D eigenvalue weighted by atomic mass is 32.2. The molecule has 1 fully saturated rings. The summed E-state index contributed by atoms with van der Waals surface area (Å²) in [5.74, 6) is -1.14. The van der Waals surface area contributed by atoms with Crippen LogP contribution in [0.15, 0.2) is 23.1 Å². The monoisotopic (exact) mass is 316 g/mol. The predicted molar refractivity (Wildman–Crippen MR) is 74.6 cm³/mol. The Balaban J connectivity index is 2.05. The molecule has 1 aliphatic heterocycles. The number of nitrogens with two attached hydrogens (primary N) is 1. The van der Waals surface area contributed by atoms with Crippen LogP contribution in [0.3, 0.4) is 0 Å². The fraction of sp³-hybridized carbons (Fsp3) is 0.462. The predicted octanol–water partition coefficient (Wildman–Crippen LogP) is 1.37. The summed E-state index contributed by atoms with van der Waals surface area (Å²) in [5.41, 5.74) is 0.0554. The number of carbonyl (C=O) groups is 1. The van der Waals surface area contributed by atoms with Crippen molar-refractivity contribution in [3.8, 4) is 0 Å². The average molecular weight is 316 g/mol. The summed E-state index contributed by atoms with van der Waals surface area (Å²) in [7, 11) is -4.03.